The Hall–Kier alpha value is -3.62. The molecule has 0 spiro atoms. The second kappa shape index (κ2) is 8.06. The van der Waals surface area contributed by atoms with Crippen LogP contribution < -0.4 is 17.0 Å². The van der Waals surface area contributed by atoms with Gasteiger partial charge in [-0.15, -0.1) is 0 Å². The minimum absolute atomic E-state index is 0.0863. The lowest BCUT2D eigenvalue weighted by Crippen LogP contribution is -2.39. The third kappa shape index (κ3) is 3.57. The highest BCUT2D eigenvalue weighted by atomic mass is 35.5. The number of nitrogens with zero attached hydrogens (tertiary/aromatic N) is 4. The molecule has 3 N–H and O–H groups in total. The van der Waals surface area contributed by atoms with E-state index in [4.69, 9.17) is 17.3 Å². The van der Waals surface area contributed by atoms with Crippen LogP contribution >= 0.6 is 11.6 Å². The molecule has 3 heterocycles. The van der Waals surface area contributed by atoms with E-state index in [0.29, 0.717) is 34.1 Å². The zero-order chi connectivity index (χ0) is 23.3. The summed E-state index contributed by atoms with van der Waals surface area (Å²) >= 11 is 6.27. The molecule has 33 heavy (non-hydrogen) atoms. The van der Waals surface area contributed by atoms with Gasteiger partial charge in [0.25, 0.3) is 5.56 Å². The molecule has 0 saturated heterocycles. The number of imidazole rings is 1. The van der Waals surface area contributed by atoms with Crippen LogP contribution in [0.2, 0.25) is 5.02 Å². The standard InChI is InChI=1S/C24H23ClN6O2/c1-29-20-22(28-21(29)18(26)11-14-7-4-3-5-8-14)30(2)24(33)31(23(20)32)13-15-12-16-17(25)9-6-10-19(16)27-15/h3-10,12,18,27H,11,13,26H2,1-2H3. The highest BCUT2D eigenvalue weighted by molar-refractivity contribution is 6.35. The average Bonchev–Trinajstić information content (AvgIpc) is 3.38. The molecular formula is C24H23ClN6O2. The lowest BCUT2D eigenvalue weighted by molar-refractivity contribution is 0.635. The Kier molecular flexibility index (Phi) is 5.19. The van der Waals surface area contributed by atoms with Gasteiger partial charge in [-0.25, -0.2) is 9.78 Å². The van der Waals surface area contributed by atoms with E-state index in [1.165, 1.54) is 9.13 Å². The highest BCUT2D eigenvalue weighted by Gasteiger charge is 2.22. The molecule has 3 aromatic heterocycles. The molecule has 8 nitrogen and oxygen atoms in total. The van der Waals surface area contributed by atoms with Gasteiger partial charge in [-0.05, 0) is 30.2 Å². The first-order valence-corrected chi connectivity index (χ1v) is 10.9. The van der Waals surface area contributed by atoms with Crippen molar-refractivity contribution in [2.45, 2.75) is 19.0 Å². The van der Waals surface area contributed by atoms with Crippen LogP contribution in [0.5, 0.6) is 0 Å². The van der Waals surface area contributed by atoms with E-state index in [1.807, 2.05) is 48.5 Å². The number of aromatic nitrogens is 5. The maximum Gasteiger partial charge on any atom is 0.332 e. The second-order valence-electron chi connectivity index (χ2n) is 8.23. The Morgan fingerprint density at radius 2 is 1.82 bits per heavy atom. The van der Waals surface area contributed by atoms with E-state index < -0.39 is 17.3 Å². The fourth-order valence-corrected chi connectivity index (χ4v) is 4.55. The molecule has 0 aliphatic carbocycles. The van der Waals surface area contributed by atoms with Crippen molar-refractivity contribution in [2.75, 3.05) is 0 Å². The first-order chi connectivity index (χ1) is 15.8. The predicted molar refractivity (Wildman–Crippen MR) is 130 cm³/mol. The van der Waals surface area contributed by atoms with E-state index in [9.17, 15) is 9.59 Å². The number of halogens is 1. The molecule has 1 unspecified atom stereocenters. The number of benzene rings is 2. The van der Waals surface area contributed by atoms with Crippen molar-refractivity contribution in [1.29, 1.82) is 0 Å². The van der Waals surface area contributed by atoms with Crippen LogP contribution in [0.4, 0.5) is 0 Å². The van der Waals surface area contributed by atoms with Crippen molar-refractivity contribution < 1.29 is 0 Å². The SMILES string of the molecule is Cn1c(C(N)Cc2ccccc2)nc2c1c(=O)n(Cc1cc3c(Cl)cccc3[nH]1)c(=O)n2C. The highest BCUT2D eigenvalue weighted by Crippen LogP contribution is 2.24. The zero-order valence-electron chi connectivity index (χ0n) is 18.2. The lowest BCUT2D eigenvalue weighted by Gasteiger charge is -2.11. The first kappa shape index (κ1) is 21.2. The number of aromatic amines is 1. The van der Waals surface area contributed by atoms with E-state index in [2.05, 4.69) is 9.97 Å². The van der Waals surface area contributed by atoms with Gasteiger partial charge in [0.2, 0.25) is 0 Å². The number of aryl methyl sites for hydroxylation is 2. The Labute approximate surface area is 193 Å². The lowest BCUT2D eigenvalue weighted by atomic mass is 10.1. The quantitative estimate of drug-likeness (QED) is 0.419. The van der Waals surface area contributed by atoms with Gasteiger partial charge in [0.15, 0.2) is 11.2 Å². The molecule has 0 bridgehead atoms. The fraction of sp³-hybridized carbons (Fsp3) is 0.208. The second-order valence-corrected chi connectivity index (χ2v) is 8.63. The number of hydrogen-bond acceptors (Lipinski definition) is 4. The van der Waals surface area contributed by atoms with Crippen LogP contribution in [0.25, 0.3) is 22.1 Å². The molecule has 0 radical (unpaired) electrons. The topological polar surface area (TPSA) is 104 Å². The minimum atomic E-state index is -0.446. The third-order valence-electron chi connectivity index (χ3n) is 6.02. The van der Waals surface area contributed by atoms with Gasteiger partial charge >= 0.3 is 5.69 Å². The van der Waals surface area contributed by atoms with Crippen LogP contribution in [0, 0.1) is 0 Å². The molecule has 0 fully saturated rings. The number of hydrogen-bond donors (Lipinski definition) is 2. The number of nitrogens with one attached hydrogen (secondary N) is 1. The van der Waals surface area contributed by atoms with Gasteiger partial charge < -0.3 is 15.3 Å². The number of H-pyrrole nitrogens is 1. The van der Waals surface area contributed by atoms with Crippen LogP contribution in [0.3, 0.4) is 0 Å². The number of nitrogens with two attached hydrogens (primary N) is 1. The fourth-order valence-electron chi connectivity index (χ4n) is 4.32. The molecular weight excluding hydrogens is 440 g/mol. The summed E-state index contributed by atoms with van der Waals surface area (Å²) in [7, 11) is 3.37. The Morgan fingerprint density at radius 1 is 1.06 bits per heavy atom. The van der Waals surface area contributed by atoms with E-state index in [-0.39, 0.29) is 6.54 Å². The number of fused-ring (bicyclic) bond motifs is 2. The van der Waals surface area contributed by atoms with Gasteiger partial charge in [-0.2, -0.15) is 0 Å². The third-order valence-corrected chi connectivity index (χ3v) is 6.35. The molecule has 2 aromatic carbocycles. The van der Waals surface area contributed by atoms with Crippen molar-refractivity contribution in [3.63, 3.8) is 0 Å². The van der Waals surface area contributed by atoms with Crippen molar-refractivity contribution in [1.82, 2.24) is 23.7 Å². The summed E-state index contributed by atoms with van der Waals surface area (Å²) in [6, 6.07) is 16.8. The predicted octanol–water partition coefficient (Wildman–Crippen LogP) is 2.86. The normalized spacial score (nSPS) is 12.6. The molecule has 168 valence electrons. The van der Waals surface area contributed by atoms with E-state index in [0.717, 1.165) is 16.5 Å². The summed E-state index contributed by atoms with van der Waals surface area (Å²) in [6.07, 6.45) is 0.565. The van der Waals surface area contributed by atoms with Crippen LogP contribution in [-0.4, -0.2) is 23.7 Å². The Balaban J connectivity index is 1.59. The van der Waals surface area contributed by atoms with Crippen molar-refractivity contribution in [2.24, 2.45) is 19.8 Å². The molecule has 5 rings (SSSR count). The molecule has 0 amide bonds. The summed E-state index contributed by atoms with van der Waals surface area (Å²) in [5, 5.41) is 1.45. The monoisotopic (exact) mass is 462 g/mol. The summed E-state index contributed by atoms with van der Waals surface area (Å²) in [5.41, 5.74) is 8.88. The van der Waals surface area contributed by atoms with Crippen LogP contribution in [-0.2, 0) is 27.1 Å². The Bertz CT molecular complexity index is 1610. The molecule has 5 aromatic rings. The van der Waals surface area contributed by atoms with Crippen molar-refractivity contribution in [3.8, 4) is 0 Å². The van der Waals surface area contributed by atoms with Gasteiger partial charge in [-0.3, -0.25) is 13.9 Å². The summed E-state index contributed by atoms with van der Waals surface area (Å²) < 4.78 is 4.30. The van der Waals surface area contributed by atoms with Gasteiger partial charge in [0.05, 0.1) is 12.6 Å². The van der Waals surface area contributed by atoms with E-state index >= 15 is 0 Å². The van der Waals surface area contributed by atoms with Gasteiger partial charge in [-0.1, -0.05) is 48.0 Å². The zero-order valence-corrected chi connectivity index (χ0v) is 19.0. The van der Waals surface area contributed by atoms with Crippen molar-refractivity contribution >= 4 is 33.7 Å². The average molecular weight is 463 g/mol. The van der Waals surface area contributed by atoms with Gasteiger partial charge in [0, 0.05) is 35.7 Å². The van der Waals surface area contributed by atoms with Crippen LogP contribution in [0.15, 0.2) is 64.2 Å². The summed E-state index contributed by atoms with van der Waals surface area (Å²) in [5.74, 6) is 0.552. The van der Waals surface area contributed by atoms with Crippen LogP contribution in [0.1, 0.15) is 23.1 Å². The maximum atomic E-state index is 13.4. The summed E-state index contributed by atoms with van der Waals surface area (Å²) in [4.78, 5) is 34.3. The number of rotatable bonds is 5. The molecule has 9 heteroatoms. The smallest absolute Gasteiger partial charge is 0.332 e. The largest absolute Gasteiger partial charge is 0.357 e. The molecule has 1 atom stereocenters. The molecule has 0 aliphatic heterocycles. The maximum absolute atomic E-state index is 13.4. The van der Waals surface area contributed by atoms with Crippen molar-refractivity contribution in [3.05, 3.63) is 97.5 Å². The summed E-state index contributed by atoms with van der Waals surface area (Å²) in [6.45, 7) is 0.0863. The van der Waals surface area contributed by atoms with Gasteiger partial charge in [0.1, 0.15) is 5.82 Å². The molecule has 0 saturated carbocycles. The minimum Gasteiger partial charge on any atom is -0.357 e. The first-order valence-electron chi connectivity index (χ1n) is 10.6. The molecule has 0 aliphatic rings. The Morgan fingerprint density at radius 3 is 2.55 bits per heavy atom. The van der Waals surface area contributed by atoms with E-state index in [1.54, 1.807) is 24.7 Å².